The fraction of sp³-hybridized carbons (Fsp3) is 0.571. The molecular weight excluding hydrogens is 210 g/mol. The van der Waals surface area contributed by atoms with Crippen LogP contribution in [0.5, 0.6) is 0 Å². The molecule has 1 aromatic rings. The van der Waals surface area contributed by atoms with Gasteiger partial charge in [0.2, 0.25) is 0 Å². The van der Waals surface area contributed by atoms with Crippen molar-refractivity contribution in [2.75, 3.05) is 13.1 Å². The van der Waals surface area contributed by atoms with E-state index in [-0.39, 0.29) is 0 Å². The van der Waals surface area contributed by atoms with Gasteiger partial charge in [0.05, 0.1) is 0 Å². The van der Waals surface area contributed by atoms with E-state index in [2.05, 4.69) is 27.0 Å². The minimum Gasteiger partial charge on any atom is -0.297 e. The number of nitrogens with zero attached hydrogens (tertiary/aromatic N) is 3. The van der Waals surface area contributed by atoms with Crippen molar-refractivity contribution >= 4 is 6.08 Å². The van der Waals surface area contributed by atoms with Crippen LogP contribution in [0.2, 0.25) is 0 Å². The molecule has 0 N–H and O–H groups in total. The lowest BCUT2D eigenvalue weighted by Gasteiger charge is -2.30. The molecule has 90 valence electrons. The molecule has 0 aliphatic carbocycles. The summed E-state index contributed by atoms with van der Waals surface area (Å²) in [6, 6.07) is 0. The number of rotatable bonds is 3. The second kappa shape index (κ2) is 4.57. The van der Waals surface area contributed by atoms with E-state index in [4.69, 9.17) is 0 Å². The normalized spacial score (nSPS) is 23.3. The fourth-order valence-corrected chi connectivity index (χ4v) is 3.37. The van der Waals surface area contributed by atoms with Crippen LogP contribution in [-0.2, 0) is 0 Å². The van der Waals surface area contributed by atoms with Crippen LogP contribution < -0.4 is 0 Å². The van der Waals surface area contributed by atoms with Crippen molar-refractivity contribution in [2.45, 2.75) is 37.6 Å². The van der Waals surface area contributed by atoms with E-state index in [0.29, 0.717) is 5.54 Å². The van der Waals surface area contributed by atoms with Crippen molar-refractivity contribution in [2.24, 2.45) is 0 Å². The monoisotopic (exact) mass is 229 g/mol. The maximum atomic E-state index is 4.03. The van der Waals surface area contributed by atoms with E-state index in [0.717, 1.165) is 5.56 Å². The Hall–Kier alpha value is -1.22. The molecule has 0 saturated carbocycles. The Morgan fingerprint density at radius 1 is 1.18 bits per heavy atom. The molecule has 0 atom stereocenters. The highest BCUT2D eigenvalue weighted by atomic mass is 15.2. The van der Waals surface area contributed by atoms with Gasteiger partial charge in [-0.1, -0.05) is 12.2 Å². The van der Waals surface area contributed by atoms with Crippen LogP contribution in [0.3, 0.4) is 0 Å². The maximum absolute atomic E-state index is 4.03. The minimum absolute atomic E-state index is 0.492. The second-order valence-electron chi connectivity index (χ2n) is 5.20. The first-order chi connectivity index (χ1) is 8.39. The molecule has 3 heteroatoms. The number of fused-ring (bicyclic) bond motifs is 1. The number of aromatic nitrogens is 2. The molecule has 0 bridgehead atoms. The third-order valence-corrected chi connectivity index (χ3v) is 4.20. The van der Waals surface area contributed by atoms with Gasteiger partial charge < -0.3 is 0 Å². The average Bonchev–Trinajstić information content (AvgIpc) is 2.89. The summed E-state index contributed by atoms with van der Waals surface area (Å²) in [5.74, 6) is 0. The Bertz CT molecular complexity index is 389. The summed E-state index contributed by atoms with van der Waals surface area (Å²) in [6.45, 7) is 2.62. The Balaban J connectivity index is 1.66. The van der Waals surface area contributed by atoms with Crippen molar-refractivity contribution in [1.29, 1.82) is 0 Å². The third-order valence-electron chi connectivity index (χ3n) is 4.20. The van der Waals surface area contributed by atoms with Gasteiger partial charge in [0.25, 0.3) is 0 Å². The molecule has 2 aliphatic rings. The van der Waals surface area contributed by atoms with Crippen LogP contribution >= 0.6 is 0 Å². The van der Waals surface area contributed by atoms with Crippen LogP contribution in [-0.4, -0.2) is 33.5 Å². The zero-order valence-corrected chi connectivity index (χ0v) is 10.2. The predicted molar refractivity (Wildman–Crippen MR) is 68.5 cm³/mol. The highest BCUT2D eigenvalue weighted by Crippen LogP contribution is 2.41. The second-order valence-corrected chi connectivity index (χ2v) is 5.20. The zero-order valence-electron chi connectivity index (χ0n) is 10.2. The summed E-state index contributed by atoms with van der Waals surface area (Å²) in [5, 5.41) is 0. The van der Waals surface area contributed by atoms with E-state index in [1.54, 1.807) is 6.33 Å². The van der Waals surface area contributed by atoms with Crippen LogP contribution in [0.25, 0.3) is 6.08 Å². The molecule has 17 heavy (non-hydrogen) atoms. The van der Waals surface area contributed by atoms with Gasteiger partial charge in [0.15, 0.2) is 0 Å². The molecule has 2 aliphatic heterocycles. The molecule has 1 aromatic heterocycles. The van der Waals surface area contributed by atoms with Crippen molar-refractivity contribution in [3.63, 3.8) is 0 Å². The summed E-state index contributed by atoms with van der Waals surface area (Å²) in [4.78, 5) is 10.7. The molecule has 3 nitrogen and oxygen atoms in total. The summed E-state index contributed by atoms with van der Waals surface area (Å²) < 4.78 is 0. The van der Waals surface area contributed by atoms with Gasteiger partial charge in [-0.15, -0.1) is 0 Å². The lowest BCUT2D eigenvalue weighted by atomic mass is 9.90. The molecule has 0 spiro atoms. The first-order valence-corrected chi connectivity index (χ1v) is 6.56. The molecule has 0 aromatic carbocycles. The van der Waals surface area contributed by atoms with Crippen molar-refractivity contribution in [3.05, 3.63) is 30.4 Å². The van der Waals surface area contributed by atoms with Crippen LogP contribution in [0.4, 0.5) is 0 Å². The molecule has 0 amide bonds. The molecule has 2 saturated heterocycles. The summed E-state index contributed by atoms with van der Waals surface area (Å²) >= 11 is 0. The predicted octanol–water partition coefficient (Wildman–Crippen LogP) is 2.51. The first kappa shape index (κ1) is 10.9. The van der Waals surface area contributed by atoms with Gasteiger partial charge in [-0.3, -0.25) is 4.90 Å². The Morgan fingerprint density at radius 2 is 1.88 bits per heavy atom. The fourth-order valence-electron chi connectivity index (χ4n) is 3.37. The molecule has 3 rings (SSSR count). The molecule has 3 heterocycles. The SMILES string of the molecule is C(=Cc1cncnc1)CC12CCCN1CCC2. The smallest absolute Gasteiger partial charge is 0.115 e. The van der Waals surface area contributed by atoms with Gasteiger partial charge in [0, 0.05) is 23.5 Å². The van der Waals surface area contributed by atoms with Crippen LogP contribution in [0, 0.1) is 0 Å². The summed E-state index contributed by atoms with van der Waals surface area (Å²) in [5.41, 5.74) is 1.60. The lowest BCUT2D eigenvalue weighted by Crippen LogP contribution is -2.37. The Labute approximate surface area is 103 Å². The number of hydrogen-bond donors (Lipinski definition) is 0. The quantitative estimate of drug-likeness (QED) is 0.797. The third kappa shape index (κ3) is 2.12. The van der Waals surface area contributed by atoms with Crippen LogP contribution in [0.15, 0.2) is 24.8 Å². The topological polar surface area (TPSA) is 29.0 Å². The lowest BCUT2D eigenvalue weighted by molar-refractivity contribution is 0.198. The van der Waals surface area contributed by atoms with E-state index in [9.17, 15) is 0 Å². The van der Waals surface area contributed by atoms with E-state index in [1.807, 2.05) is 12.4 Å². The molecular formula is C14H19N3. The zero-order chi connectivity index (χ0) is 11.6. The summed E-state index contributed by atoms with van der Waals surface area (Å²) in [6.07, 6.45) is 16.5. The van der Waals surface area contributed by atoms with Gasteiger partial charge in [0.1, 0.15) is 6.33 Å². The average molecular weight is 229 g/mol. The molecule has 0 unspecified atom stereocenters. The van der Waals surface area contributed by atoms with Crippen molar-refractivity contribution < 1.29 is 0 Å². The van der Waals surface area contributed by atoms with Gasteiger partial charge in [-0.25, -0.2) is 9.97 Å². The van der Waals surface area contributed by atoms with Crippen molar-refractivity contribution in [3.8, 4) is 0 Å². The Morgan fingerprint density at radius 3 is 2.59 bits per heavy atom. The standard InChI is InChI=1S/C14H19N3/c1(4-13-10-15-12-16-11-13)5-14-6-2-8-17(14)9-3-7-14/h1,4,10-12H,2-3,5-9H2. The molecule has 0 radical (unpaired) electrons. The van der Waals surface area contributed by atoms with Crippen molar-refractivity contribution in [1.82, 2.24) is 14.9 Å². The highest BCUT2D eigenvalue weighted by molar-refractivity contribution is 5.46. The van der Waals surface area contributed by atoms with Crippen LogP contribution in [0.1, 0.15) is 37.7 Å². The van der Waals surface area contributed by atoms with Gasteiger partial charge in [-0.05, 0) is 45.2 Å². The highest BCUT2D eigenvalue weighted by Gasteiger charge is 2.42. The first-order valence-electron chi connectivity index (χ1n) is 6.56. The molecule has 2 fully saturated rings. The largest absolute Gasteiger partial charge is 0.297 e. The summed E-state index contributed by atoms with van der Waals surface area (Å²) in [7, 11) is 0. The van der Waals surface area contributed by atoms with Gasteiger partial charge in [-0.2, -0.15) is 0 Å². The Kier molecular flexibility index (Phi) is 2.93. The minimum atomic E-state index is 0.492. The van der Waals surface area contributed by atoms with E-state index < -0.39 is 0 Å². The van der Waals surface area contributed by atoms with E-state index >= 15 is 0 Å². The van der Waals surface area contributed by atoms with Gasteiger partial charge >= 0.3 is 0 Å². The number of hydrogen-bond acceptors (Lipinski definition) is 3. The maximum Gasteiger partial charge on any atom is 0.115 e. The van der Waals surface area contributed by atoms with E-state index in [1.165, 1.54) is 45.2 Å².